The lowest BCUT2D eigenvalue weighted by atomic mass is 9.89. The average Bonchev–Trinajstić information content (AvgIpc) is 2.94. The second kappa shape index (κ2) is 12.1. The van der Waals surface area contributed by atoms with Crippen molar-refractivity contribution in [1.82, 2.24) is 25.1 Å². The summed E-state index contributed by atoms with van der Waals surface area (Å²) < 4.78 is 0. The van der Waals surface area contributed by atoms with Crippen LogP contribution < -0.4 is 5.32 Å². The molecule has 192 valence electrons. The molecule has 1 aromatic carbocycles. The molecule has 2 N–H and O–H groups in total. The molecule has 7 heteroatoms. The van der Waals surface area contributed by atoms with Crippen molar-refractivity contribution in [2.75, 3.05) is 19.6 Å². The van der Waals surface area contributed by atoms with Gasteiger partial charge in [-0.15, -0.1) is 0 Å². The van der Waals surface area contributed by atoms with Gasteiger partial charge in [-0.05, 0) is 66.1 Å². The van der Waals surface area contributed by atoms with E-state index in [2.05, 4.69) is 39.5 Å². The number of pyridine rings is 2. The average molecular weight is 498 g/mol. The first-order valence-corrected chi connectivity index (χ1v) is 13.2. The summed E-state index contributed by atoms with van der Waals surface area (Å²) >= 11 is 0. The van der Waals surface area contributed by atoms with Gasteiger partial charge in [0.05, 0.1) is 17.8 Å². The van der Waals surface area contributed by atoms with Crippen LogP contribution in [-0.2, 0) is 25.9 Å². The van der Waals surface area contributed by atoms with Gasteiger partial charge in [0, 0.05) is 51.3 Å². The van der Waals surface area contributed by atoms with Crippen LogP contribution >= 0.6 is 0 Å². The first-order chi connectivity index (χ1) is 18.2. The molecular formula is C30H35N5O2. The highest BCUT2D eigenvalue weighted by atomic mass is 16.4. The third kappa shape index (κ3) is 6.24. The molecule has 2 unspecified atom stereocenters. The smallest absolute Gasteiger partial charge is 0.407 e. The van der Waals surface area contributed by atoms with Crippen molar-refractivity contribution >= 4 is 6.09 Å². The molecule has 37 heavy (non-hydrogen) atoms. The Labute approximate surface area is 218 Å². The van der Waals surface area contributed by atoms with E-state index in [1.54, 1.807) is 4.90 Å². The summed E-state index contributed by atoms with van der Waals surface area (Å²) in [5.41, 5.74) is 6.04. The van der Waals surface area contributed by atoms with Crippen molar-refractivity contribution in [3.63, 3.8) is 0 Å². The van der Waals surface area contributed by atoms with Crippen molar-refractivity contribution in [2.24, 2.45) is 0 Å². The Kier molecular flexibility index (Phi) is 8.23. The van der Waals surface area contributed by atoms with E-state index in [4.69, 9.17) is 4.98 Å². The number of fused-ring (bicyclic) bond motifs is 2. The first kappa shape index (κ1) is 25.1. The zero-order valence-corrected chi connectivity index (χ0v) is 21.2. The number of rotatable bonds is 9. The van der Waals surface area contributed by atoms with Crippen LogP contribution in [0, 0.1) is 0 Å². The Morgan fingerprint density at radius 3 is 2.70 bits per heavy atom. The maximum Gasteiger partial charge on any atom is 0.407 e. The molecule has 2 atom stereocenters. The lowest BCUT2D eigenvalue weighted by Crippen LogP contribution is -2.50. The third-order valence-corrected chi connectivity index (χ3v) is 7.50. The molecule has 3 aromatic rings. The molecular weight excluding hydrogens is 462 g/mol. The molecule has 1 amide bonds. The van der Waals surface area contributed by atoms with E-state index in [0.29, 0.717) is 13.1 Å². The second-order valence-electron chi connectivity index (χ2n) is 9.90. The number of hydrogen-bond donors (Lipinski definition) is 2. The lowest BCUT2D eigenvalue weighted by molar-refractivity contribution is 0.0837. The van der Waals surface area contributed by atoms with Crippen LogP contribution in [0.15, 0.2) is 79.3 Å². The van der Waals surface area contributed by atoms with Gasteiger partial charge in [-0.3, -0.25) is 19.8 Å². The standard InChI is InChI=1S/C30H35N5O2/c36-30(37)35-21-26-8-2-1-7-25(26)19-27(35)22-34(28-11-5-9-24-10-6-15-33-29(24)28)18-4-3-14-32-20-23-12-16-31-17-13-23/h1-4,6-8,10,12-13,15-17,27-28,32H,5,9,11,14,18-22H2,(H,36,37)/b4-3+. The number of nitrogens with zero attached hydrogens (tertiary/aromatic N) is 4. The predicted molar refractivity (Wildman–Crippen MR) is 144 cm³/mol. The van der Waals surface area contributed by atoms with E-state index in [9.17, 15) is 9.90 Å². The molecule has 0 radical (unpaired) electrons. The van der Waals surface area contributed by atoms with Crippen LogP contribution in [0.4, 0.5) is 4.79 Å². The molecule has 0 bridgehead atoms. The maximum atomic E-state index is 12.2. The minimum atomic E-state index is -0.850. The molecule has 2 aromatic heterocycles. The van der Waals surface area contributed by atoms with Crippen molar-refractivity contribution in [3.05, 3.63) is 107 Å². The Balaban J connectivity index is 1.31. The zero-order valence-electron chi connectivity index (χ0n) is 21.2. The van der Waals surface area contributed by atoms with Gasteiger partial charge in [0.2, 0.25) is 0 Å². The first-order valence-electron chi connectivity index (χ1n) is 13.2. The van der Waals surface area contributed by atoms with Crippen LogP contribution in [-0.4, -0.2) is 56.6 Å². The second-order valence-corrected chi connectivity index (χ2v) is 9.90. The summed E-state index contributed by atoms with van der Waals surface area (Å²) in [6.45, 7) is 3.44. The van der Waals surface area contributed by atoms with Gasteiger partial charge >= 0.3 is 6.09 Å². The minimum Gasteiger partial charge on any atom is -0.465 e. The van der Waals surface area contributed by atoms with E-state index in [0.717, 1.165) is 56.6 Å². The van der Waals surface area contributed by atoms with Crippen molar-refractivity contribution in [3.8, 4) is 0 Å². The minimum absolute atomic E-state index is 0.0975. The fourth-order valence-electron chi connectivity index (χ4n) is 5.61. The molecule has 1 aliphatic heterocycles. The van der Waals surface area contributed by atoms with Crippen LogP contribution in [0.2, 0.25) is 0 Å². The van der Waals surface area contributed by atoms with Crippen molar-refractivity contribution in [2.45, 2.75) is 50.9 Å². The summed E-state index contributed by atoms with van der Waals surface area (Å²) in [5.74, 6) is 0. The quantitative estimate of drug-likeness (QED) is 0.332. The Morgan fingerprint density at radius 1 is 1.05 bits per heavy atom. The Morgan fingerprint density at radius 2 is 1.86 bits per heavy atom. The summed E-state index contributed by atoms with van der Waals surface area (Å²) in [4.78, 5) is 25.2. The van der Waals surface area contributed by atoms with Crippen LogP contribution in [0.25, 0.3) is 0 Å². The molecule has 0 spiro atoms. The number of benzene rings is 1. The number of aromatic nitrogens is 2. The topological polar surface area (TPSA) is 81.6 Å². The number of carboxylic acid groups (broad SMARTS) is 1. The monoisotopic (exact) mass is 497 g/mol. The van der Waals surface area contributed by atoms with E-state index in [-0.39, 0.29) is 12.1 Å². The highest BCUT2D eigenvalue weighted by Gasteiger charge is 2.34. The Hall–Kier alpha value is -3.55. The van der Waals surface area contributed by atoms with Crippen LogP contribution in [0.1, 0.15) is 46.8 Å². The largest absolute Gasteiger partial charge is 0.465 e. The summed E-state index contributed by atoms with van der Waals surface area (Å²) in [6.07, 6.45) is 13.0. The highest BCUT2D eigenvalue weighted by Crippen LogP contribution is 2.34. The number of hydrogen-bond acceptors (Lipinski definition) is 5. The lowest BCUT2D eigenvalue weighted by Gasteiger charge is -2.41. The van der Waals surface area contributed by atoms with Gasteiger partial charge in [0.25, 0.3) is 0 Å². The molecule has 0 fully saturated rings. The van der Waals surface area contributed by atoms with Crippen LogP contribution in [0.3, 0.4) is 0 Å². The number of carbonyl (C=O) groups is 1. The summed E-state index contributed by atoms with van der Waals surface area (Å²) in [5, 5.41) is 13.5. The van der Waals surface area contributed by atoms with Crippen molar-refractivity contribution in [1.29, 1.82) is 0 Å². The molecule has 2 aliphatic rings. The van der Waals surface area contributed by atoms with Gasteiger partial charge in [0.15, 0.2) is 0 Å². The van der Waals surface area contributed by atoms with Crippen LogP contribution in [0.5, 0.6) is 0 Å². The van der Waals surface area contributed by atoms with Gasteiger partial charge in [-0.2, -0.15) is 0 Å². The molecule has 0 saturated heterocycles. The van der Waals surface area contributed by atoms with E-state index in [1.807, 2.05) is 55.0 Å². The van der Waals surface area contributed by atoms with Gasteiger partial charge < -0.3 is 10.4 Å². The van der Waals surface area contributed by atoms with Gasteiger partial charge in [-0.25, -0.2) is 4.79 Å². The summed E-state index contributed by atoms with van der Waals surface area (Å²) in [7, 11) is 0. The number of aryl methyl sites for hydroxylation is 1. The fraction of sp³-hybridized carbons (Fsp3) is 0.367. The molecule has 5 rings (SSSR count). The maximum absolute atomic E-state index is 12.2. The van der Waals surface area contributed by atoms with Gasteiger partial charge in [-0.1, -0.05) is 42.5 Å². The highest BCUT2D eigenvalue weighted by molar-refractivity contribution is 5.66. The van der Waals surface area contributed by atoms with Crippen molar-refractivity contribution < 1.29 is 9.90 Å². The third-order valence-electron chi connectivity index (χ3n) is 7.50. The van der Waals surface area contributed by atoms with E-state index >= 15 is 0 Å². The normalized spacial score (nSPS) is 19.1. The molecule has 1 aliphatic carbocycles. The SMILES string of the molecule is O=C(O)N1Cc2ccccc2CC1CN(C/C=C/CNCc1ccncc1)C1CCCc2cccnc21. The summed E-state index contributed by atoms with van der Waals surface area (Å²) in [6, 6.07) is 16.5. The molecule has 0 saturated carbocycles. The van der Waals surface area contributed by atoms with E-state index in [1.165, 1.54) is 16.7 Å². The molecule has 7 nitrogen and oxygen atoms in total. The number of amides is 1. The predicted octanol–water partition coefficient (Wildman–Crippen LogP) is 4.61. The molecule has 3 heterocycles. The Bertz CT molecular complexity index is 1220. The van der Waals surface area contributed by atoms with E-state index < -0.39 is 6.09 Å². The fourth-order valence-corrected chi connectivity index (χ4v) is 5.61. The zero-order chi connectivity index (χ0) is 25.5. The number of nitrogens with one attached hydrogen (secondary N) is 1. The van der Waals surface area contributed by atoms with Gasteiger partial charge in [0.1, 0.15) is 0 Å².